The lowest BCUT2D eigenvalue weighted by Gasteiger charge is -2.30. The van der Waals surface area contributed by atoms with Gasteiger partial charge in [-0.25, -0.2) is 0 Å². The van der Waals surface area contributed by atoms with Gasteiger partial charge in [0.05, 0.1) is 5.56 Å². The molecule has 1 saturated carbocycles. The second-order valence-corrected chi connectivity index (χ2v) is 7.32. The van der Waals surface area contributed by atoms with Crippen LogP contribution < -0.4 is 5.32 Å². The van der Waals surface area contributed by atoms with E-state index in [0.29, 0.717) is 22.5 Å². The third-order valence-corrected chi connectivity index (χ3v) is 5.19. The van der Waals surface area contributed by atoms with Crippen LogP contribution in [-0.4, -0.2) is 36.5 Å². The van der Waals surface area contributed by atoms with Crippen molar-refractivity contribution in [1.29, 1.82) is 0 Å². The van der Waals surface area contributed by atoms with Crippen molar-refractivity contribution in [2.75, 3.05) is 19.6 Å². The Morgan fingerprint density at radius 2 is 2.19 bits per heavy atom. The smallest absolute Gasteiger partial charge is 0.255 e. The van der Waals surface area contributed by atoms with Gasteiger partial charge in [0, 0.05) is 22.1 Å². The first-order valence-corrected chi connectivity index (χ1v) is 8.79. The molecular formula is C16H20BrClN2O. The van der Waals surface area contributed by atoms with Crippen molar-refractivity contribution in [1.82, 2.24) is 10.2 Å². The number of piperidine rings is 1. The number of carbonyl (C=O) groups is 1. The zero-order chi connectivity index (χ0) is 14.8. The fourth-order valence-corrected chi connectivity index (χ4v) is 3.55. The molecule has 1 N–H and O–H groups in total. The Balaban J connectivity index is 1.76. The second-order valence-electron chi connectivity index (χ2n) is 6.03. The van der Waals surface area contributed by atoms with E-state index < -0.39 is 0 Å². The number of halogens is 2. The average Bonchev–Trinajstić information content (AvgIpc) is 3.32. The van der Waals surface area contributed by atoms with Crippen LogP contribution in [-0.2, 0) is 0 Å². The summed E-state index contributed by atoms with van der Waals surface area (Å²) in [6.45, 7) is 2.98. The van der Waals surface area contributed by atoms with Crippen molar-refractivity contribution in [3.05, 3.63) is 33.3 Å². The molecule has 21 heavy (non-hydrogen) atoms. The molecule has 1 aliphatic heterocycles. The molecule has 0 spiro atoms. The predicted molar refractivity (Wildman–Crippen MR) is 88.8 cm³/mol. The Bertz CT molecular complexity index is 527. The number of carbonyl (C=O) groups excluding carboxylic acids is 1. The molecule has 3 nitrogen and oxygen atoms in total. The van der Waals surface area contributed by atoms with Gasteiger partial charge in [-0.1, -0.05) is 11.6 Å². The highest BCUT2D eigenvalue weighted by Crippen LogP contribution is 2.32. The lowest BCUT2D eigenvalue weighted by atomic mass is 9.98. The number of amides is 1. The molecule has 3 rings (SSSR count). The largest absolute Gasteiger partial charge is 0.335 e. The van der Waals surface area contributed by atoms with Gasteiger partial charge < -0.3 is 10.2 Å². The van der Waals surface area contributed by atoms with Gasteiger partial charge in [-0.05, 0) is 78.8 Å². The number of nitrogens with one attached hydrogen (secondary N) is 1. The van der Waals surface area contributed by atoms with Crippen LogP contribution in [0.5, 0.6) is 0 Å². The first-order valence-electron chi connectivity index (χ1n) is 7.62. The lowest BCUT2D eigenvalue weighted by molar-refractivity contribution is 0.0703. The number of rotatable bonds is 4. The first-order chi connectivity index (χ1) is 10.1. The van der Waals surface area contributed by atoms with E-state index >= 15 is 0 Å². The highest BCUT2D eigenvalue weighted by Gasteiger charge is 2.35. The van der Waals surface area contributed by atoms with Crippen molar-refractivity contribution in [2.45, 2.75) is 31.7 Å². The summed E-state index contributed by atoms with van der Waals surface area (Å²) >= 11 is 9.53. The summed E-state index contributed by atoms with van der Waals surface area (Å²) in [7, 11) is 0. The van der Waals surface area contributed by atoms with Crippen LogP contribution >= 0.6 is 27.5 Å². The molecule has 1 saturated heterocycles. The molecule has 1 heterocycles. The summed E-state index contributed by atoms with van der Waals surface area (Å²) in [6.07, 6.45) is 4.67. The first kappa shape index (κ1) is 15.3. The maximum Gasteiger partial charge on any atom is 0.255 e. The zero-order valence-corrected chi connectivity index (χ0v) is 14.3. The second kappa shape index (κ2) is 6.67. The summed E-state index contributed by atoms with van der Waals surface area (Å²) < 4.78 is 0.823. The molecule has 1 aromatic carbocycles. The Labute approximate surface area is 139 Å². The van der Waals surface area contributed by atoms with Gasteiger partial charge in [0.2, 0.25) is 0 Å². The summed E-state index contributed by atoms with van der Waals surface area (Å²) in [5, 5.41) is 4.04. The molecule has 2 aliphatic rings. The van der Waals surface area contributed by atoms with Crippen LogP contribution in [0.25, 0.3) is 0 Å². The van der Waals surface area contributed by atoms with Gasteiger partial charge in [0.25, 0.3) is 5.91 Å². The van der Waals surface area contributed by atoms with E-state index in [4.69, 9.17) is 11.6 Å². The Kier molecular flexibility index (Phi) is 4.87. The van der Waals surface area contributed by atoms with Crippen molar-refractivity contribution in [3.8, 4) is 0 Å². The van der Waals surface area contributed by atoms with Gasteiger partial charge >= 0.3 is 0 Å². The SMILES string of the molecule is O=C(c1cc(Cl)ccc1Br)N(CC1CCCNC1)C1CC1. The standard InChI is InChI=1S/C16H20BrClN2O/c17-15-6-3-12(18)8-14(15)16(21)20(13-4-5-13)10-11-2-1-7-19-9-11/h3,6,8,11,13,19H,1-2,4-5,7,9-10H2. The minimum absolute atomic E-state index is 0.109. The minimum atomic E-state index is 0.109. The molecule has 1 aliphatic carbocycles. The lowest BCUT2D eigenvalue weighted by Crippen LogP contribution is -2.42. The fourth-order valence-electron chi connectivity index (χ4n) is 2.96. The molecule has 114 valence electrons. The maximum atomic E-state index is 12.9. The van der Waals surface area contributed by atoms with E-state index in [1.165, 1.54) is 12.8 Å². The quantitative estimate of drug-likeness (QED) is 0.875. The third-order valence-electron chi connectivity index (χ3n) is 4.26. The topological polar surface area (TPSA) is 32.3 Å². The Morgan fingerprint density at radius 1 is 1.38 bits per heavy atom. The number of benzene rings is 1. The van der Waals surface area contributed by atoms with Crippen LogP contribution in [0.15, 0.2) is 22.7 Å². The summed E-state index contributed by atoms with van der Waals surface area (Å²) in [5.74, 6) is 0.679. The normalized spacial score (nSPS) is 22.1. The molecule has 0 radical (unpaired) electrons. The molecule has 1 amide bonds. The third kappa shape index (κ3) is 3.79. The average molecular weight is 372 g/mol. The Morgan fingerprint density at radius 3 is 2.86 bits per heavy atom. The van der Waals surface area contributed by atoms with Crippen molar-refractivity contribution >= 4 is 33.4 Å². The van der Waals surface area contributed by atoms with Gasteiger partial charge in [0.1, 0.15) is 0 Å². The molecule has 0 bridgehead atoms. The van der Waals surface area contributed by atoms with Gasteiger partial charge in [-0.2, -0.15) is 0 Å². The van der Waals surface area contributed by atoms with E-state index in [9.17, 15) is 4.79 Å². The number of hydrogen-bond donors (Lipinski definition) is 1. The van der Waals surface area contributed by atoms with Gasteiger partial charge in [-0.15, -0.1) is 0 Å². The zero-order valence-electron chi connectivity index (χ0n) is 11.9. The summed E-state index contributed by atoms with van der Waals surface area (Å²) in [4.78, 5) is 15.0. The van der Waals surface area contributed by atoms with E-state index in [1.54, 1.807) is 12.1 Å². The maximum absolute atomic E-state index is 12.9. The van der Waals surface area contributed by atoms with Crippen LogP contribution in [0.1, 0.15) is 36.0 Å². The van der Waals surface area contributed by atoms with Crippen LogP contribution in [0.3, 0.4) is 0 Å². The highest BCUT2D eigenvalue weighted by atomic mass is 79.9. The molecule has 0 aromatic heterocycles. The molecular weight excluding hydrogens is 352 g/mol. The number of nitrogens with zero attached hydrogens (tertiary/aromatic N) is 1. The predicted octanol–water partition coefficient (Wildman–Crippen LogP) is 3.71. The van der Waals surface area contributed by atoms with E-state index in [0.717, 1.165) is 36.9 Å². The molecule has 2 fully saturated rings. The Hall–Kier alpha value is -0.580. The van der Waals surface area contributed by atoms with Crippen LogP contribution in [0, 0.1) is 5.92 Å². The van der Waals surface area contributed by atoms with E-state index in [1.807, 2.05) is 6.07 Å². The van der Waals surface area contributed by atoms with Crippen molar-refractivity contribution in [3.63, 3.8) is 0 Å². The van der Waals surface area contributed by atoms with Crippen molar-refractivity contribution in [2.24, 2.45) is 5.92 Å². The number of hydrogen-bond acceptors (Lipinski definition) is 2. The fraction of sp³-hybridized carbons (Fsp3) is 0.562. The monoisotopic (exact) mass is 370 g/mol. The summed E-state index contributed by atoms with van der Waals surface area (Å²) in [5.41, 5.74) is 0.679. The minimum Gasteiger partial charge on any atom is -0.335 e. The molecule has 5 heteroatoms. The van der Waals surface area contributed by atoms with E-state index in [-0.39, 0.29) is 5.91 Å². The molecule has 1 atom stereocenters. The van der Waals surface area contributed by atoms with Crippen LogP contribution in [0.2, 0.25) is 5.02 Å². The highest BCUT2D eigenvalue weighted by molar-refractivity contribution is 9.10. The van der Waals surface area contributed by atoms with Gasteiger partial charge in [-0.3, -0.25) is 4.79 Å². The van der Waals surface area contributed by atoms with Crippen LogP contribution in [0.4, 0.5) is 0 Å². The molecule has 1 aromatic rings. The van der Waals surface area contributed by atoms with Crippen molar-refractivity contribution < 1.29 is 4.79 Å². The van der Waals surface area contributed by atoms with Gasteiger partial charge in [0.15, 0.2) is 0 Å². The van der Waals surface area contributed by atoms with E-state index in [2.05, 4.69) is 26.1 Å². The molecule has 1 unspecified atom stereocenters. The summed E-state index contributed by atoms with van der Waals surface area (Å²) in [6, 6.07) is 5.84.